The topological polar surface area (TPSA) is 106 Å². The summed E-state index contributed by atoms with van der Waals surface area (Å²) in [6.07, 6.45) is 1.45. The van der Waals surface area contributed by atoms with Crippen LogP contribution >= 0.6 is 0 Å². The van der Waals surface area contributed by atoms with E-state index in [1.165, 1.54) is 31.5 Å². The van der Waals surface area contributed by atoms with Gasteiger partial charge in [0.25, 0.3) is 5.91 Å². The zero-order chi connectivity index (χ0) is 21.3. The predicted octanol–water partition coefficient (Wildman–Crippen LogP) is 3.47. The molecule has 2 aromatic heterocycles. The quantitative estimate of drug-likeness (QED) is 0.400. The van der Waals surface area contributed by atoms with Crippen molar-refractivity contribution in [3.8, 4) is 11.6 Å². The second kappa shape index (κ2) is 7.67. The van der Waals surface area contributed by atoms with Gasteiger partial charge in [0.05, 0.1) is 41.3 Å². The van der Waals surface area contributed by atoms with Crippen LogP contribution in [0.5, 0.6) is 5.75 Å². The van der Waals surface area contributed by atoms with Gasteiger partial charge in [-0.15, -0.1) is 0 Å². The summed E-state index contributed by atoms with van der Waals surface area (Å²) in [5, 5.41) is 18.1. The van der Waals surface area contributed by atoms with Crippen LogP contribution in [0.25, 0.3) is 16.7 Å². The number of anilines is 1. The summed E-state index contributed by atoms with van der Waals surface area (Å²) < 4.78 is 6.20. The lowest BCUT2D eigenvalue weighted by atomic mass is 10.1. The van der Waals surface area contributed by atoms with Crippen molar-refractivity contribution >= 4 is 28.5 Å². The van der Waals surface area contributed by atoms with Gasteiger partial charge in [0.1, 0.15) is 5.75 Å². The molecule has 0 aliphatic rings. The Morgan fingerprint density at radius 1 is 1.10 bits per heavy atom. The number of amides is 1. The summed E-state index contributed by atoms with van der Waals surface area (Å²) in [5.74, 6) is -0.674. The second-order valence-corrected chi connectivity index (χ2v) is 6.60. The Morgan fingerprint density at radius 3 is 2.67 bits per heavy atom. The SMILES string of the molecule is COC(=O)c1ccc(NC(=O)c2cnn(-c3ccc4ccccc4n3)c2C)c(O)c1. The van der Waals surface area contributed by atoms with Crippen LogP contribution in [0.2, 0.25) is 0 Å². The molecule has 2 N–H and O–H groups in total. The number of aromatic hydroxyl groups is 1. The molecule has 30 heavy (non-hydrogen) atoms. The van der Waals surface area contributed by atoms with Crippen molar-refractivity contribution < 1.29 is 19.4 Å². The number of ether oxygens (including phenoxy) is 1. The summed E-state index contributed by atoms with van der Waals surface area (Å²) in [5.41, 5.74) is 2.11. The van der Waals surface area contributed by atoms with E-state index in [2.05, 4.69) is 20.1 Å². The maximum atomic E-state index is 12.7. The molecule has 0 bridgehead atoms. The number of nitrogens with one attached hydrogen (secondary N) is 1. The van der Waals surface area contributed by atoms with Crippen LogP contribution < -0.4 is 5.32 Å². The molecule has 0 saturated carbocycles. The highest BCUT2D eigenvalue weighted by Gasteiger charge is 2.18. The number of phenols is 1. The Balaban J connectivity index is 1.60. The Bertz CT molecular complexity index is 1280. The highest BCUT2D eigenvalue weighted by Crippen LogP contribution is 2.26. The van der Waals surface area contributed by atoms with Crippen molar-refractivity contribution in [3.63, 3.8) is 0 Å². The van der Waals surface area contributed by atoms with Gasteiger partial charge in [-0.25, -0.2) is 14.5 Å². The number of esters is 1. The fourth-order valence-corrected chi connectivity index (χ4v) is 3.11. The summed E-state index contributed by atoms with van der Waals surface area (Å²) >= 11 is 0. The molecule has 0 aliphatic carbocycles. The first-order valence-electron chi connectivity index (χ1n) is 9.11. The molecule has 0 fully saturated rings. The predicted molar refractivity (Wildman–Crippen MR) is 111 cm³/mol. The monoisotopic (exact) mass is 402 g/mol. The van der Waals surface area contributed by atoms with Crippen LogP contribution in [0, 0.1) is 6.92 Å². The largest absolute Gasteiger partial charge is 0.506 e. The number of carbonyl (C=O) groups excluding carboxylic acids is 2. The van der Waals surface area contributed by atoms with Crippen molar-refractivity contribution in [2.75, 3.05) is 12.4 Å². The van der Waals surface area contributed by atoms with Gasteiger partial charge in [-0.2, -0.15) is 5.10 Å². The van der Waals surface area contributed by atoms with Crippen LogP contribution in [-0.4, -0.2) is 38.9 Å². The van der Waals surface area contributed by atoms with E-state index < -0.39 is 11.9 Å². The van der Waals surface area contributed by atoms with Gasteiger partial charge >= 0.3 is 5.97 Å². The average molecular weight is 402 g/mol. The molecular formula is C22H18N4O4. The lowest BCUT2D eigenvalue weighted by molar-refractivity contribution is 0.0600. The molecule has 0 saturated heterocycles. The number of phenolic OH excluding ortho intramolecular Hbond substituents is 1. The van der Waals surface area contributed by atoms with E-state index in [0.29, 0.717) is 17.1 Å². The molecule has 4 aromatic rings. The van der Waals surface area contributed by atoms with E-state index in [1.807, 2.05) is 36.4 Å². The number of hydrogen-bond donors (Lipinski definition) is 2. The second-order valence-electron chi connectivity index (χ2n) is 6.60. The molecule has 150 valence electrons. The van der Waals surface area contributed by atoms with Gasteiger partial charge in [0.2, 0.25) is 0 Å². The minimum atomic E-state index is -0.580. The van der Waals surface area contributed by atoms with Crippen molar-refractivity contribution in [1.82, 2.24) is 14.8 Å². The van der Waals surface area contributed by atoms with Crippen molar-refractivity contribution in [2.24, 2.45) is 0 Å². The number of aromatic nitrogens is 3. The number of fused-ring (bicyclic) bond motifs is 1. The number of pyridine rings is 1. The molecule has 0 atom stereocenters. The molecule has 0 radical (unpaired) electrons. The first-order valence-corrected chi connectivity index (χ1v) is 9.11. The van der Waals surface area contributed by atoms with Gasteiger partial charge in [0.15, 0.2) is 5.82 Å². The molecule has 2 aromatic carbocycles. The number of carbonyl (C=O) groups is 2. The maximum Gasteiger partial charge on any atom is 0.337 e. The number of methoxy groups -OCH3 is 1. The number of benzene rings is 2. The van der Waals surface area contributed by atoms with Crippen LogP contribution in [0.4, 0.5) is 5.69 Å². The average Bonchev–Trinajstić information content (AvgIpc) is 3.15. The zero-order valence-corrected chi connectivity index (χ0v) is 16.3. The lowest BCUT2D eigenvalue weighted by Gasteiger charge is -2.09. The zero-order valence-electron chi connectivity index (χ0n) is 16.3. The van der Waals surface area contributed by atoms with E-state index in [0.717, 1.165) is 10.9 Å². The first kappa shape index (κ1) is 19.1. The van der Waals surface area contributed by atoms with Crippen molar-refractivity contribution in [2.45, 2.75) is 6.92 Å². The van der Waals surface area contributed by atoms with Gasteiger partial charge in [-0.05, 0) is 43.3 Å². The number of rotatable bonds is 4. The van der Waals surface area contributed by atoms with Crippen LogP contribution in [0.3, 0.4) is 0 Å². The van der Waals surface area contributed by atoms with Gasteiger partial charge in [0, 0.05) is 5.39 Å². The van der Waals surface area contributed by atoms with Crippen molar-refractivity contribution in [1.29, 1.82) is 0 Å². The van der Waals surface area contributed by atoms with Crippen LogP contribution in [0.1, 0.15) is 26.4 Å². The Kier molecular flexibility index (Phi) is 4.89. The molecular weight excluding hydrogens is 384 g/mol. The summed E-state index contributed by atoms with van der Waals surface area (Å²) in [7, 11) is 1.25. The third-order valence-electron chi connectivity index (χ3n) is 4.72. The molecule has 0 unspecified atom stereocenters. The van der Waals surface area contributed by atoms with E-state index in [-0.39, 0.29) is 17.0 Å². The minimum Gasteiger partial charge on any atom is -0.506 e. The van der Waals surface area contributed by atoms with Gasteiger partial charge < -0.3 is 15.2 Å². The Labute approximate surface area is 171 Å². The summed E-state index contributed by atoms with van der Waals surface area (Å²) in [6, 6.07) is 15.6. The molecule has 1 amide bonds. The summed E-state index contributed by atoms with van der Waals surface area (Å²) in [4.78, 5) is 28.9. The molecule has 2 heterocycles. The van der Waals surface area contributed by atoms with E-state index >= 15 is 0 Å². The van der Waals surface area contributed by atoms with Gasteiger partial charge in [-0.1, -0.05) is 18.2 Å². The van der Waals surface area contributed by atoms with Crippen molar-refractivity contribution in [3.05, 3.63) is 77.6 Å². The fraction of sp³-hybridized carbons (Fsp3) is 0.0909. The fourth-order valence-electron chi connectivity index (χ4n) is 3.11. The molecule has 0 aliphatic heterocycles. The maximum absolute atomic E-state index is 12.7. The van der Waals surface area contributed by atoms with E-state index in [1.54, 1.807) is 11.6 Å². The minimum absolute atomic E-state index is 0.170. The van der Waals surface area contributed by atoms with E-state index in [9.17, 15) is 14.7 Å². The van der Waals surface area contributed by atoms with Crippen LogP contribution in [-0.2, 0) is 4.74 Å². The summed E-state index contributed by atoms with van der Waals surface area (Å²) in [6.45, 7) is 1.76. The Morgan fingerprint density at radius 2 is 1.90 bits per heavy atom. The number of para-hydroxylation sites is 1. The highest BCUT2D eigenvalue weighted by atomic mass is 16.5. The molecule has 8 nitrogen and oxygen atoms in total. The smallest absolute Gasteiger partial charge is 0.337 e. The first-order chi connectivity index (χ1) is 14.5. The Hall–Kier alpha value is -4.20. The number of hydrogen-bond acceptors (Lipinski definition) is 6. The highest BCUT2D eigenvalue weighted by molar-refractivity contribution is 6.06. The third-order valence-corrected chi connectivity index (χ3v) is 4.72. The third kappa shape index (κ3) is 3.46. The molecule has 4 rings (SSSR count). The standard InChI is InChI=1S/C22H18N4O4/c1-13-16(21(28)25-18-9-7-15(11-19(18)27)22(29)30-2)12-23-26(13)20-10-8-14-5-3-4-6-17(14)24-20/h3-12,27H,1-2H3,(H,25,28). The molecule has 8 heteroatoms. The van der Waals surface area contributed by atoms with Crippen LogP contribution in [0.15, 0.2) is 60.8 Å². The normalized spacial score (nSPS) is 10.7. The molecule has 0 spiro atoms. The van der Waals surface area contributed by atoms with E-state index in [4.69, 9.17) is 0 Å². The van der Waals surface area contributed by atoms with Gasteiger partial charge in [-0.3, -0.25) is 4.79 Å². The lowest BCUT2D eigenvalue weighted by Crippen LogP contribution is -2.13. The number of nitrogens with zero attached hydrogens (tertiary/aromatic N) is 3.